The van der Waals surface area contributed by atoms with Crippen LogP contribution in [0.2, 0.25) is 0 Å². The van der Waals surface area contributed by atoms with Gasteiger partial charge in [0.1, 0.15) is 17.0 Å². The average Bonchev–Trinajstić information content (AvgIpc) is 3.37. The molecule has 10 heteroatoms. The molecule has 9 nitrogen and oxygen atoms in total. The van der Waals surface area contributed by atoms with Gasteiger partial charge in [-0.05, 0) is 54.7 Å². The highest BCUT2D eigenvalue weighted by molar-refractivity contribution is 7.15. The fourth-order valence-corrected chi connectivity index (χ4v) is 4.01. The van der Waals surface area contributed by atoms with Gasteiger partial charge in [0.05, 0.1) is 19.4 Å². The molecule has 1 heterocycles. The van der Waals surface area contributed by atoms with Crippen molar-refractivity contribution in [3.05, 3.63) is 94.4 Å². The summed E-state index contributed by atoms with van der Waals surface area (Å²) >= 11 is 1.41. The van der Waals surface area contributed by atoms with Gasteiger partial charge in [-0.1, -0.05) is 53.8 Å². The molecule has 0 bridgehead atoms. The van der Waals surface area contributed by atoms with Crippen LogP contribution in [0.1, 0.15) is 35.4 Å². The molecule has 0 radical (unpaired) electrons. The van der Waals surface area contributed by atoms with Crippen molar-refractivity contribution in [2.24, 2.45) is 11.5 Å². The summed E-state index contributed by atoms with van der Waals surface area (Å²) < 4.78 is 4.99. The van der Waals surface area contributed by atoms with E-state index in [-0.39, 0.29) is 5.91 Å². The van der Waals surface area contributed by atoms with Crippen LogP contribution < -0.4 is 26.8 Å². The molecule has 0 saturated carbocycles. The number of rotatable bonds is 13. The molecule has 0 aliphatic carbocycles. The maximum absolute atomic E-state index is 12.0. The van der Waals surface area contributed by atoms with Crippen molar-refractivity contribution in [2.75, 3.05) is 19.5 Å². The lowest BCUT2D eigenvalue weighted by molar-refractivity contribution is -0.115. The highest BCUT2D eigenvalue weighted by Gasteiger charge is 2.09. The number of hydrogen-bond acceptors (Lipinski definition) is 9. The van der Waals surface area contributed by atoms with Gasteiger partial charge < -0.3 is 31.6 Å². The first-order chi connectivity index (χ1) is 18.4. The molecule has 1 aromatic heterocycles. The van der Waals surface area contributed by atoms with Crippen molar-refractivity contribution in [2.45, 2.75) is 38.5 Å². The summed E-state index contributed by atoms with van der Waals surface area (Å²) in [6, 6.07) is 17.1. The zero-order valence-electron chi connectivity index (χ0n) is 21.9. The molecule has 6 N–H and O–H groups in total. The van der Waals surface area contributed by atoms with Crippen molar-refractivity contribution < 1.29 is 14.3 Å². The number of aldehydes is 1. The Bertz CT molecular complexity index is 1190. The van der Waals surface area contributed by atoms with Crippen LogP contribution >= 0.6 is 11.3 Å². The molecule has 38 heavy (non-hydrogen) atoms. The molecule has 2 aromatic carbocycles. The number of nitrogens with two attached hydrogens (primary N) is 2. The first-order valence-corrected chi connectivity index (χ1v) is 13.1. The van der Waals surface area contributed by atoms with Gasteiger partial charge in [-0.25, -0.2) is 0 Å². The monoisotopic (exact) mass is 536 g/mol. The second kappa shape index (κ2) is 17.3. The summed E-state index contributed by atoms with van der Waals surface area (Å²) in [4.78, 5) is 22.2. The number of ether oxygens (including phenoxy) is 1. The molecule has 0 saturated heterocycles. The van der Waals surface area contributed by atoms with Gasteiger partial charge in [0.15, 0.2) is 0 Å². The van der Waals surface area contributed by atoms with Crippen LogP contribution in [0.3, 0.4) is 0 Å². The zero-order chi connectivity index (χ0) is 27.6. The molecule has 0 aliphatic heterocycles. The Morgan fingerprint density at radius 3 is 2.50 bits per heavy atom. The Morgan fingerprint density at radius 2 is 1.79 bits per heavy atom. The van der Waals surface area contributed by atoms with Crippen LogP contribution in [0.25, 0.3) is 0 Å². The van der Waals surface area contributed by atoms with E-state index in [1.807, 2.05) is 60.7 Å². The number of methoxy groups -OCH3 is 1. The van der Waals surface area contributed by atoms with E-state index < -0.39 is 0 Å². The summed E-state index contributed by atoms with van der Waals surface area (Å²) in [5.41, 5.74) is 14.3. The summed E-state index contributed by atoms with van der Waals surface area (Å²) in [5, 5.41) is 15.3. The number of hydrogen-bond donors (Lipinski definition) is 4. The number of aromatic nitrogens is 2. The second-order valence-electron chi connectivity index (χ2n) is 8.25. The summed E-state index contributed by atoms with van der Waals surface area (Å²) in [5.74, 6) is 1.29. The molecule has 0 unspecified atom stereocenters. The summed E-state index contributed by atoms with van der Waals surface area (Å²) in [7, 11) is 3.37. The van der Waals surface area contributed by atoms with E-state index in [1.54, 1.807) is 20.2 Å². The molecule has 202 valence electrons. The van der Waals surface area contributed by atoms with Gasteiger partial charge in [-0.15, -0.1) is 10.2 Å². The smallest absolute Gasteiger partial charge is 0.230 e. The van der Waals surface area contributed by atoms with E-state index in [0.29, 0.717) is 23.8 Å². The number of carbonyl (C=O) groups excluding carboxylic acids is 2. The number of unbranched alkanes of at least 4 members (excludes halogenated alkanes) is 1. The Kier molecular flexibility index (Phi) is 13.7. The molecule has 3 aromatic rings. The quantitative estimate of drug-likeness (QED) is 0.147. The van der Waals surface area contributed by atoms with Crippen LogP contribution in [0.15, 0.2) is 78.3 Å². The van der Waals surface area contributed by atoms with E-state index >= 15 is 0 Å². The van der Waals surface area contributed by atoms with Gasteiger partial charge in [0.25, 0.3) is 0 Å². The predicted molar refractivity (Wildman–Crippen MR) is 153 cm³/mol. The van der Waals surface area contributed by atoms with E-state index in [2.05, 4.69) is 20.8 Å². The number of allylic oxidation sites excluding steroid dienone is 3. The lowest BCUT2D eigenvalue weighted by Crippen LogP contribution is -2.14. The molecule has 3 rings (SSSR count). The Balaban J connectivity index is 0.000000384. The normalized spacial score (nSPS) is 11.2. The number of nitrogens with one attached hydrogen (secondary N) is 2. The fourth-order valence-electron chi connectivity index (χ4n) is 3.21. The van der Waals surface area contributed by atoms with Crippen LogP contribution in [-0.2, 0) is 28.9 Å². The highest BCUT2D eigenvalue weighted by Crippen LogP contribution is 2.18. The minimum Gasteiger partial charge on any atom is -0.497 e. The Labute approximate surface area is 228 Å². The van der Waals surface area contributed by atoms with E-state index in [1.165, 1.54) is 11.3 Å². The van der Waals surface area contributed by atoms with E-state index in [9.17, 15) is 9.59 Å². The van der Waals surface area contributed by atoms with Crippen LogP contribution in [-0.4, -0.2) is 36.5 Å². The lowest BCUT2D eigenvalue weighted by Gasteiger charge is -2.01. The Hall–Kier alpha value is -4.18. The molecular formula is C28H36N6O3S. The van der Waals surface area contributed by atoms with Crippen molar-refractivity contribution in [3.8, 4) is 5.75 Å². The standard InChI is InChI=1S/C19H26N6OS.C9H10O2/c1-22-16(21)12-11-15(20)9-5-6-10-18-24-25-19(27-18)23-17(26)13-14-7-3-2-4-8-14;1-11-9-4-2-3-8(7-9)5-6-10/h2-4,7-8,11-12,22H,5-6,9-10,13,20-21H2,1H3,(H,23,25,26);2-4,6-7H,5H2,1H3/b15-11-,16-12+;. The highest BCUT2D eigenvalue weighted by atomic mass is 32.1. The predicted octanol–water partition coefficient (Wildman–Crippen LogP) is 3.73. The molecule has 0 aliphatic rings. The van der Waals surface area contributed by atoms with Crippen molar-refractivity contribution >= 4 is 28.7 Å². The Morgan fingerprint density at radius 1 is 1.03 bits per heavy atom. The van der Waals surface area contributed by atoms with Crippen LogP contribution in [0.5, 0.6) is 5.75 Å². The first-order valence-electron chi connectivity index (χ1n) is 12.3. The molecule has 1 amide bonds. The van der Waals surface area contributed by atoms with Crippen LogP contribution in [0, 0.1) is 0 Å². The number of amides is 1. The molecule has 0 spiro atoms. The first kappa shape index (κ1) is 30.0. The van der Waals surface area contributed by atoms with E-state index in [4.69, 9.17) is 16.2 Å². The minimum absolute atomic E-state index is 0.0873. The van der Waals surface area contributed by atoms with E-state index in [0.717, 1.165) is 59.6 Å². The number of carbonyl (C=O) groups is 2. The molecule has 0 atom stereocenters. The van der Waals surface area contributed by atoms with Gasteiger partial charge in [-0.3, -0.25) is 4.79 Å². The van der Waals surface area contributed by atoms with Gasteiger partial charge in [0.2, 0.25) is 11.0 Å². The third-order valence-electron chi connectivity index (χ3n) is 5.25. The maximum atomic E-state index is 12.0. The van der Waals surface area contributed by atoms with Gasteiger partial charge in [-0.2, -0.15) is 0 Å². The topological polar surface area (TPSA) is 145 Å². The zero-order valence-corrected chi connectivity index (χ0v) is 22.7. The van der Waals surface area contributed by atoms with Gasteiger partial charge >= 0.3 is 0 Å². The molecule has 0 fully saturated rings. The summed E-state index contributed by atoms with van der Waals surface area (Å²) in [6.07, 6.45) is 8.75. The van der Waals surface area contributed by atoms with Crippen molar-refractivity contribution in [3.63, 3.8) is 0 Å². The number of benzene rings is 2. The third-order valence-corrected chi connectivity index (χ3v) is 6.14. The fraction of sp³-hybridized carbons (Fsp3) is 0.286. The largest absolute Gasteiger partial charge is 0.497 e. The lowest BCUT2D eigenvalue weighted by atomic mass is 10.1. The number of nitrogens with zero attached hydrogens (tertiary/aromatic N) is 2. The van der Waals surface area contributed by atoms with Crippen LogP contribution in [0.4, 0.5) is 5.13 Å². The third kappa shape index (κ3) is 12.2. The second-order valence-corrected chi connectivity index (χ2v) is 9.32. The minimum atomic E-state index is -0.0873. The molecular weight excluding hydrogens is 500 g/mol. The number of aryl methyl sites for hydroxylation is 1. The van der Waals surface area contributed by atoms with Gasteiger partial charge in [0, 0.05) is 25.6 Å². The van der Waals surface area contributed by atoms with Crippen molar-refractivity contribution in [1.29, 1.82) is 0 Å². The average molecular weight is 537 g/mol. The SMILES string of the molecule is CN/C(N)=C/C=C(\N)CCCCc1nnc(NC(=O)Cc2ccccc2)s1.COc1cccc(CC=O)c1. The number of anilines is 1. The maximum Gasteiger partial charge on any atom is 0.230 e. The van der Waals surface area contributed by atoms with Crippen molar-refractivity contribution in [1.82, 2.24) is 15.5 Å². The summed E-state index contributed by atoms with van der Waals surface area (Å²) in [6.45, 7) is 0.